The first-order valence-electron chi connectivity index (χ1n) is 7.31. The van der Waals surface area contributed by atoms with Crippen LogP contribution in [0.5, 0.6) is 5.75 Å². The molecule has 1 saturated heterocycles. The minimum Gasteiger partial charge on any atom is -0.496 e. The number of rotatable bonds is 4. The highest BCUT2D eigenvalue weighted by Crippen LogP contribution is 2.30. The number of ketones is 1. The van der Waals surface area contributed by atoms with Gasteiger partial charge in [0.1, 0.15) is 5.75 Å². The Kier molecular flexibility index (Phi) is 4.48. The van der Waals surface area contributed by atoms with Gasteiger partial charge in [-0.2, -0.15) is 0 Å². The number of carbonyl (C=O) groups excluding carboxylic acids is 1. The van der Waals surface area contributed by atoms with Crippen LogP contribution in [0.4, 0.5) is 0 Å². The summed E-state index contributed by atoms with van der Waals surface area (Å²) in [6.45, 7) is 9.32. The summed E-state index contributed by atoms with van der Waals surface area (Å²) >= 11 is 0. The van der Waals surface area contributed by atoms with E-state index in [1.54, 1.807) is 14.0 Å². The molecule has 1 heterocycles. The van der Waals surface area contributed by atoms with Crippen LogP contribution in [0.2, 0.25) is 0 Å². The van der Waals surface area contributed by atoms with E-state index in [1.807, 2.05) is 18.2 Å². The molecule has 2 rings (SSSR count). The Balaban J connectivity index is 2.18. The molecule has 0 bridgehead atoms. The molecule has 0 aromatic heterocycles. The van der Waals surface area contributed by atoms with Crippen LogP contribution in [0.3, 0.4) is 0 Å². The lowest BCUT2D eigenvalue weighted by Gasteiger charge is -2.38. The highest BCUT2D eigenvalue weighted by Gasteiger charge is 2.26. The van der Waals surface area contributed by atoms with Crippen molar-refractivity contribution in [2.24, 2.45) is 5.41 Å². The van der Waals surface area contributed by atoms with Gasteiger partial charge in [-0.3, -0.25) is 9.69 Å². The summed E-state index contributed by atoms with van der Waals surface area (Å²) in [5, 5.41) is 0. The highest BCUT2D eigenvalue weighted by molar-refractivity contribution is 5.94. The summed E-state index contributed by atoms with van der Waals surface area (Å²) < 4.78 is 5.44. The van der Waals surface area contributed by atoms with Crippen molar-refractivity contribution in [3.63, 3.8) is 0 Å². The molecule has 0 spiro atoms. The third kappa shape index (κ3) is 3.60. The molecule has 1 aromatic carbocycles. The molecule has 1 aliphatic rings. The Morgan fingerprint density at radius 2 is 2.15 bits per heavy atom. The van der Waals surface area contributed by atoms with Gasteiger partial charge in [0.25, 0.3) is 0 Å². The van der Waals surface area contributed by atoms with E-state index < -0.39 is 0 Å². The predicted molar refractivity (Wildman–Crippen MR) is 81.3 cm³/mol. The summed E-state index contributed by atoms with van der Waals surface area (Å²) in [5.74, 6) is 0.978. The lowest BCUT2D eigenvalue weighted by Crippen LogP contribution is -2.39. The Labute approximate surface area is 121 Å². The summed E-state index contributed by atoms with van der Waals surface area (Å²) in [6, 6.07) is 5.72. The Hall–Kier alpha value is -1.35. The van der Waals surface area contributed by atoms with Crippen LogP contribution in [0.15, 0.2) is 18.2 Å². The summed E-state index contributed by atoms with van der Waals surface area (Å²) in [6.07, 6.45) is 2.52. The number of methoxy groups -OCH3 is 1. The largest absolute Gasteiger partial charge is 0.496 e. The van der Waals surface area contributed by atoms with Crippen LogP contribution in [-0.4, -0.2) is 30.9 Å². The van der Waals surface area contributed by atoms with Crippen LogP contribution in [-0.2, 0) is 6.54 Å². The fraction of sp³-hybridized carbons (Fsp3) is 0.588. The normalized spacial score (nSPS) is 18.8. The second-order valence-electron chi connectivity index (χ2n) is 6.56. The van der Waals surface area contributed by atoms with Gasteiger partial charge in [-0.25, -0.2) is 0 Å². The van der Waals surface area contributed by atoms with Crippen molar-refractivity contribution in [1.29, 1.82) is 0 Å². The highest BCUT2D eigenvalue weighted by atomic mass is 16.5. The molecule has 1 aromatic rings. The lowest BCUT2D eigenvalue weighted by atomic mass is 9.84. The Morgan fingerprint density at radius 1 is 1.40 bits per heavy atom. The van der Waals surface area contributed by atoms with Gasteiger partial charge in [0, 0.05) is 24.2 Å². The second-order valence-corrected chi connectivity index (χ2v) is 6.56. The number of hydrogen-bond acceptors (Lipinski definition) is 3. The van der Waals surface area contributed by atoms with Gasteiger partial charge in [0.05, 0.1) is 7.11 Å². The summed E-state index contributed by atoms with van der Waals surface area (Å²) in [4.78, 5) is 14.0. The molecule has 3 nitrogen and oxygen atoms in total. The van der Waals surface area contributed by atoms with E-state index in [4.69, 9.17) is 4.74 Å². The fourth-order valence-corrected chi connectivity index (χ4v) is 3.04. The molecular weight excluding hydrogens is 250 g/mol. The molecule has 1 fully saturated rings. The molecular formula is C17H25NO2. The van der Waals surface area contributed by atoms with Gasteiger partial charge in [0.15, 0.2) is 5.78 Å². The number of likely N-dealkylation sites (tertiary alicyclic amines) is 1. The maximum absolute atomic E-state index is 11.5. The third-order valence-electron chi connectivity index (χ3n) is 4.06. The molecule has 0 aliphatic carbocycles. The first-order chi connectivity index (χ1) is 9.41. The van der Waals surface area contributed by atoms with Crippen molar-refractivity contribution in [3.8, 4) is 5.75 Å². The van der Waals surface area contributed by atoms with Gasteiger partial charge >= 0.3 is 0 Å². The molecule has 0 unspecified atom stereocenters. The number of benzene rings is 1. The number of Topliss-reactive ketones (excluding diaryl/α,β-unsaturated/α-hetero) is 1. The molecule has 0 radical (unpaired) electrons. The average Bonchev–Trinajstić information content (AvgIpc) is 2.37. The molecule has 1 aliphatic heterocycles. The van der Waals surface area contributed by atoms with E-state index in [-0.39, 0.29) is 5.78 Å². The number of nitrogens with zero attached hydrogens (tertiary/aromatic N) is 1. The SMILES string of the molecule is COc1ccc(C(C)=O)cc1CN1CCCC(C)(C)C1. The van der Waals surface area contributed by atoms with Crippen molar-refractivity contribution in [3.05, 3.63) is 29.3 Å². The predicted octanol–water partition coefficient (Wildman–Crippen LogP) is 3.52. The Morgan fingerprint density at radius 3 is 2.75 bits per heavy atom. The molecule has 0 N–H and O–H groups in total. The standard InChI is InChI=1S/C17H25NO2/c1-13(19)14-6-7-16(20-4)15(10-14)11-18-9-5-8-17(2,3)12-18/h6-7,10H,5,8-9,11-12H2,1-4H3. The average molecular weight is 275 g/mol. The van der Waals surface area contributed by atoms with Crippen LogP contribution in [0.1, 0.15) is 49.5 Å². The maximum atomic E-state index is 11.5. The van der Waals surface area contributed by atoms with Crippen molar-refractivity contribution < 1.29 is 9.53 Å². The topological polar surface area (TPSA) is 29.5 Å². The van der Waals surface area contributed by atoms with E-state index in [2.05, 4.69) is 18.7 Å². The summed E-state index contributed by atoms with van der Waals surface area (Å²) in [5.41, 5.74) is 2.25. The third-order valence-corrected chi connectivity index (χ3v) is 4.06. The molecule has 110 valence electrons. The smallest absolute Gasteiger partial charge is 0.159 e. The van der Waals surface area contributed by atoms with E-state index in [0.717, 1.165) is 36.5 Å². The number of piperidine rings is 1. The van der Waals surface area contributed by atoms with E-state index in [0.29, 0.717) is 5.41 Å². The van der Waals surface area contributed by atoms with E-state index in [1.165, 1.54) is 12.8 Å². The summed E-state index contributed by atoms with van der Waals surface area (Å²) in [7, 11) is 1.69. The molecule has 3 heteroatoms. The quantitative estimate of drug-likeness (QED) is 0.787. The van der Waals surface area contributed by atoms with Crippen LogP contribution in [0, 0.1) is 5.41 Å². The van der Waals surface area contributed by atoms with Crippen LogP contribution >= 0.6 is 0 Å². The zero-order chi connectivity index (χ0) is 14.8. The first-order valence-corrected chi connectivity index (χ1v) is 7.31. The zero-order valence-electron chi connectivity index (χ0n) is 13.0. The second kappa shape index (κ2) is 5.96. The maximum Gasteiger partial charge on any atom is 0.159 e. The van der Waals surface area contributed by atoms with Crippen molar-refractivity contribution in [2.45, 2.75) is 40.2 Å². The molecule has 20 heavy (non-hydrogen) atoms. The minimum atomic E-state index is 0.105. The zero-order valence-corrected chi connectivity index (χ0v) is 13.0. The molecule has 0 amide bonds. The monoisotopic (exact) mass is 275 g/mol. The molecule has 0 atom stereocenters. The van der Waals surface area contributed by atoms with Gasteiger partial charge in [-0.15, -0.1) is 0 Å². The van der Waals surface area contributed by atoms with Crippen molar-refractivity contribution in [2.75, 3.05) is 20.2 Å². The Bertz CT molecular complexity index is 494. The van der Waals surface area contributed by atoms with E-state index in [9.17, 15) is 4.79 Å². The van der Waals surface area contributed by atoms with Gasteiger partial charge in [-0.1, -0.05) is 13.8 Å². The number of ether oxygens (including phenoxy) is 1. The fourth-order valence-electron chi connectivity index (χ4n) is 3.04. The number of hydrogen-bond donors (Lipinski definition) is 0. The van der Waals surface area contributed by atoms with Gasteiger partial charge in [0.2, 0.25) is 0 Å². The minimum absolute atomic E-state index is 0.105. The lowest BCUT2D eigenvalue weighted by molar-refractivity contribution is 0.101. The first kappa shape index (κ1) is 15.0. The van der Waals surface area contributed by atoms with Crippen LogP contribution < -0.4 is 4.74 Å². The van der Waals surface area contributed by atoms with Gasteiger partial charge in [-0.05, 0) is 49.9 Å². The number of carbonyl (C=O) groups is 1. The van der Waals surface area contributed by atoms with Gasteiger partial charge < -0.3 is 4.74 Å². The van der Waals surface area contributed by atoms with Crippen molar-refractivity contribution in [1.82, 2.24) is 4.90 Å². The van der Waals surface area contributed by atoms with E-state index >= 15 is 0 Å². The molecule has 0 saturated carbocycles. The van der Waals surface area contributed by atoms with Crippen molar-refractivity contribution >= 4 is 5.78 Å². The van der Waals surface area contributed by atoms with Crippen LogP contribution in [0.25, 0.3) is 0 Å².